The zero-order valence-electron chi connectivity index (χ0n) is 17.9. The van der Waals surface area contributed by atoms with E-state index in [0.29, 0.717) is 5.56 Å². The molecule has 0 bridgehead atoms. The largest absolute Gasteiger partial charge is 0.456 e. The number of ether oxygens (including phenoxy) is 4. The molecule has 0 radical (unpaired) electrons. The lowest BCUT2D eigenvalue weighted by Gasteiger charge is -2.45. The minimum absolute atomic E-state index is 0.0236. The first-order chi connectivity index (χ1) is 16.1. The Balaban J connectivity index is 1.98. The molecule has 1 aliphatic rings. The minimum atomic E-state index is -2.29. The molecule has 9 nitrogen and oxygen atoms in total. The highest BCUT2D eigenvalue weighted by Crippen LogP contribution is 2.39. The average molecular weight is 528 g/mol. The van der Waals surface area contributed by atoms with Crippen molar-refractivity contribution >= 4 is 46.7 Å². The van der Waals surface area contributed by atoms with E-state index in [-0.39, 0.29) is 13.0 Å². The van der Waals surface area contributed by atoms with Crippen molar-refractivity contribution in [2.24, 2.45) is 5.11 Å². The van der Waals surface area contributed by atoms with Crippen LogP contribution in [0.5, 0.6) is 0 Å². The Morgan fingerprint density at radius 2 is 1.82 bits per heavy atom. The van der Waals surface area contributed by atoms with Crippen molar-refractivity contribution in [3.63, 3.8) is 0 Å². The maximum absolute atomic E-state index is 12.8. The first kappa shape index (κ1) is 26.1. The molecule has 180 valence electrons. The molecule has 0 aliphatic carbocycles. The zero-order valence-corrected chi connectivity index (χ0v) is 20.2. The van der Waals surface area contributed by atoms with Crippen LogP contribution in [0.15, 0.2) is 65.8 Å². The first-order valence-corrected chi connectivity index (χ1v) is 11.3. The van der Waals surface area contributed by atoms with Gasteiger partial charge in [0.15, 0.2) is 6.10 Å². The number of nitrogens with zero attached hydrogens (tertiary/aromatic N) is 3. The number of alkyl halides is 3. The number of hydrogen-bond acceptors (Lipinski definition) is 7. The lowest BCUT2D eigenvalue weighted by atomic mass is 9.99. The summed E-state index contributed by atoms with van der Waals surface area (Å²) in [7, 11) is 0. The topological polar surface area (TPSA) is 127 Å². The van der Waals surface area contributed by atoms with Crippen molar-refractivity contribution in [2.45, 2.75) is 48.0 Å². The number of rotatable bonds is 7. The van der Waals surface area contributed by atoms with E-state index in [1.54, 1.807) is 37.3 Å². The molecule has 0 amide bonds. The molecule has 2 aromatic rings. The smallest absolute Gasteiger partial charge is 0.338 e. The molecule has 1 N–H and O–H groups in total. The molecule has 0 saturated carbocycles. The van der Waals surface area contributed by atoms with E-state index in [9.17, 15) is 10.3 Å². The number of carbonyl (C=O) groups is 1. The van der Waals surface area contributed by atoms with Crippen molar-refractivity contribution in [1.82, 2.24) is 0 Å². The van der Waals surface area contributed by atoms with Gasteiger partial charge < -0.3 is 18.9 Å². The van der Waals surface area contributed by atoms with E-state index in [4.69, 9.17) is 59.2 Å². The summed E-state index contributed by atoms with van der Waals surface area (Å²) >= 11 is 17.4. The summed E-state index contributed by atoms with van der Waals surface area (Å²) in [6.45, 7) is 1.68. The van der Waals surface area contributed by atoms with Crippen LogP contribution in [0.3, 0.4) is 0 Å². The SMILES string of the molecule is C[C@@H]1C[C@H](OC(=O)c2ccccc2)[C@H](OCc2ccccc2)[C@@](N=[N+]=[N-])(OC(=N)C(Cl)(Cl)Cl)O1. The second kappa shape index (κ2) is 11.3. The third kappa shape index (κ3) is 6.54. The summed E-state index contributed by atoms with van der Waals surface area (Å²) in [4.78, 5) is 15.6. The van der Waals surface area contributed by atoms with Crippen LogP contribution < -0.4 is 0 Å². The van der Waals surface area contributed by atoms with E-state index in [2.05, 4.69) is 10.0 Å². The maximum atomic E-state index is 12.8. The fourth-order valence-corrected chi connectivity index (χ4v) is 3.52. The summed E-state index contributed by atoms with van der Waals surface area (Å²) in [5.74, 6) is -3.77. The third-order valence-electron chi connectivity index (χ3n) is 4.86. The summed E-state index contributed by atoms with van der Waals surface area (Å²) in [6.07, 6.45) is -2.75. The summed E-state index contributed by atoms with van der Waals surface area (Å²) < 4.78 is 20.8. The number of esters is 1. The number of carbonyl (C=O) groups excluding carboxylic acids is 1. The molecule has 3 rings (SSSR count). The van der Waals surface area contributed by atoms with Gasteiger partial charge in [-0.1, -0.05) is 83.3 Å². The van der Waals surface area contributed by atoms with E-state index in [1.807, 2.05) is 30.3 Å². The van der Waals surface area contributed by atoms with E-state index < -0.39 is 39.9 Å². The van der Waals surface area contributed by atoms with Gasteiger partial charge in [-0.05, 0) is 35.3 Å². The summed E-state index contributed by atoms with van der Waals surface area (Å²) in [5.41, 5.74) is 10.4. The Bertz CT molecular complexity index is 1050. The number of hydrogen-bond donors (Lipinski definition) is 1. The van der Waals surface area contributed by atoms with E-state index in [1.165, 1.54) is 0 Å². The number of halogens is 3. The maximum Gasteiger partial charge on any atom is 0.338 e. The summed E-state index contributed by atoms with van der Waals surface area (Å²) in [6, 6.07) is 17.5. The van der Waals surface area contributed by atoms with Crippen molar-refractivity contribution in [3.8, 4) is 0 Å². The van der Waals surface area contributed by atoms with Gasteiger partial charge in [-0.25, -0.2) is 4.79 Å². The summed E-state index contributed by atoms with van der Waals surface area (Å²) in [5, 5.41) is 11.7. The fourth-order valence-electron chi connectivity index (χ4n) is 3.40. The second-order valence-electron chi connectivity index (χ2n) is 7.44. The van der Waals surface area contributed by atoms with Crippen LogP contribution in [0.1, 0.15) is 29.3 Å². The van der Waals surface area contributed by atoms with Gasteiger partial charge in [0, 0.05) is 11.3 Å². The lowest BCUT2D eigenvalue weighted by Crippen LogP contribution is -2.61. The van der Waals surface area contributed by atoms with Gasteiger partial charge in [0.1, 0.15) is 6.10 Å². The van der Waals surface area contributed by atoms with Gasteiger partial charge in [0.2, 0.25) is 5.90 Å². The standard InChI is InChI=1S/C22H21Cl3N4O5/c1-14-12-17(32-19(30)16-10-6-3-7-11-16)18(31-13-15-8-4-2-5-9-15)22(33-14,28-29-27)34-20(26)21(23,24)25/h2-11,14,17-18,26H,12-13H2,1H3/t14-,17+,18+,22+/m1/s1. The quantitative estimate of drug-likeness (QED) is 0.0907. The Hall–Kier alpha value is -2.52. The molecular weight excluding hydrogens is 507 g/mol. The molecule has 1 fully saturated rings. The highest BCUT2D eigenvalue weighted by atomic mass is 35.6. The molecule has 12 heteroatoms. The van der Waals surface area contributed by atoms with Gasteiger partial charge in [-0.3, -0.25) is 5.41 Å². The monoisotopic (exact) mass is 526 g/mol. The molecule has 0 unspecified atom stereocenters. The molecular formula is C22H21Cl3N4O5. The Morgan fingerprint density at radius 3 is 2.41 bits per heavy atom. The van der Waals surface area contributed by atoms with Gasteiger partial charge in [0.05, 0.1) is 18.3 Å². The Morgan fingerprint density at radius 1 is 1.21 bits per heavy atom. The van der Waals surface area contributed by atoms with Crippen molar-refractivity contribution in [1.29, 1.82) is 5.41 Å². The Labute approximate surface area is 210 Å². The molecule has 2 aromatic carbocycles. The van der Waals surface area contributed by atoms with Gasteiger partial charge in [-0.2, -0.15) is 0 Å². The van der Waals surface area contributed by atoms with Gasteiger partial charge >= 0.3 is 11.9 Å². The van der Waals surface area contributed by atoms with Crippen LogP contribution in [0.25, 0.3) is 10.4 Å². The van der Waals surface area contributed by atoms with Gasteiger partial charge in [-0.15, -0.1) is 0 Å². The van der Waals surface area contributed by atoms with Crippen LogP contribution in [-0.2, 0) is 25.6 Å². The average Bonchev–Trinajstić information content (AvgIpc) is 2.79. The molecule has 1 aliphatic heterocycles. The van der Waals surface area contributed by atoms with Crippen LogP contribution in [0, 0.1) is 5.41 Å². The second-order valence-corrected chi connectivity index (χ2v) is 9.72. The van der Waals surface area contributed by atoms with Crippen molar-refractivity contribution < 1.29 is 23.7 Å². The van der Waals surface area contributed by atoms with E-state index >= 15 is 0 Å². The van der Waals surface area contributed by atoms with Crippen molar-refractivity contribution in [3.05, 3.63) is 82.2 Å². The predicted octanol–water partition coefficient (Wildman–Crippen LogP) is 5.93. The molecule has 0 spiro atoms. The lowest BCUT2D eigenvalue weighted by molar-refractivity contribution is -0.319. The highest BCUT2D eigenvalue weighted by Gasteiger charge is 2.56. The molecule has 1 saturated heterocycles. The molecule has 34 heavy (non-hydrogen) atoms. The molecule has 1 heterocycles. The fraction of sp³-hybridized carbons (Fsp3) is 0.364. The normalized spacial score (nSPS) is 24.5. The Kier molecular flexibility index (Phi) is 8.65. The molecule has 0 aromatic heterocycles. The minimum Gasteiger partial charge on any atom is -0.456 e. The predicted molar refractivity (Wildman–Crippen MR) is 127 cm³/mol. The van der Waals surface area contributed by atoms with Crippen molar-refractivity contribution in [2.75, 3.05) is 0 Å². The van der Waals surface area contributed by atoms with Crippen LogP contribution in [0.2, 0.25) is 0 Å². The zero-order chi connectivity index (χ0) is 24.8. The number of nitrogens with one attached hydrogen (secondary N) is 1. The van der Waals surface area contributed by atoms with Crippen LogP contribution in [-0.4, -0.2) is 39.9 Å². The van der Waals surface area contributed by atoms with Crippen LogP contribution in [0.4, 0.5) is 0 Å². The van der Waals surface area contributed by atoms with Gasteiger partial charge in [0.25, 0.3) is 3.79 Å². The first-order valence-electron chi connectivity index (χ1n) is 10.1. The van der Waals surface area contributed by atoms with E-state index in [0.717, 1.165) is 5.56 Å². The number of azide groups is 1. The third-order valence-corrected chi connectivity index (χ3v) is 5.38. The molecule has 4 atom stereocenters. The highest BCUT2D eigenvalue weighted by molar-refractivity contribution is 6.76. The van der Waals surface area contributed by atoms with Crippen LogP contribution >= 0.6 is 34.8 Å². The number of benzene rings is 2.